The van der Waals surface area contributed by atoms with Gasteiger partial charge in [-0.2, -0.15) is 0 Å². The van der Waals surface area contributed by atoms with Crippen LogP contribution in [0.25, 0.3) is 5.57 Å². The average molecular weight is 202 g/mol. The lowest BCUT2D eigenvalue weighted by molar-refractivity contribution is 0.245. The predicted molar refractivity (Wildman–Crippen MR) is 63.5 cm³/mol. The van der Waals surface area contributed by atoms with Crippen molar-refractivity contribution < 1.29 is 0 Å². The Hall–Kier alpha value is -1.15. The summed E-state index contributed by atoms with van der Waals surface area (Å²) in [5, 5.41) is 0. The van der Waals surface area contributed by atoms with E-state index in [0.29, 0.717) is 6.04 Å². The molecule has 1 aromatic heterocycles. The van der Waals surface area contributed by atoms with E-state index in [9.17, 15) is 0 Å². The molecular formula is C13H18N2. The Balaban J connectivity index is 2.09. The summed E-state index contributed by atoms with van der Waals surface area (Å²) in [5.74, 6) is 0. The van der Waals surface area contributed by atoms with Gasteiger partial charge in [-0.05, 0) is 37.5 Å². The number of hydrogen-bond acceptors (Lipinski definition) is 2. The lowest BCUT2D eigenvalue weighted by atomic mass is 10.0. The van der Waals surface area contributed by atoms with Crippen LogP contribution in [0.2, 0.25) is 0 Å². The van der Waals surface area contributed by atoms with Crippen molar-refractivity contribution in [2.45, 2.75) is 26.3 Å². The molecule has 0 spiro atoms. The second-order valence-corrected chi connectivity index (χ2v) is 4.31. The average Bonchev–Trinajstić information content (AvgIpc) is 2.30. The van der Waals surface area contributed by atoms with E-state index in [1.165, 1.54) is 17.7 Å². The summed E-state index contributed by atoms with van der Waals surface area (Å²) in [6, 6.07) is 4.80. The highest BCUT2D eigenvalue weighted by molar-refractivity contribution is 5.65. The number of nitrogens with zero attached hydrogens (tertiary/aromatic N) is 2. The smallest absolute Gasteiger partial charge is 0.0342 e. The number of rotatable bonds is 2. The molecule has 2 rings (SSSR count). The summed E-state index contributed by atoms with van der Waals surface area (Å²) in [6.45, 7) is 6.74. The molecule has 2 heteroatoms. The van der Waals surface area contributed by atoms with Crippen molar-refractivity contribution >= 4 is 5.57 Å². The summed E-state index contributed by atoms with van der Waals surface area (Å²) in [6.07, 6.45) is 7.26. The summed E-state index contributed by atoms with van der Waals surface area (Å²) in [5.41, 5.74) is 2.72. The molecule has 0 aromatic carbocycles. The summed E-state index contributed by atoms with van der Waals surface area (Å²) in [4.78, 5) is 6.65. The number of pyridine rings is 1. The van der Waals surface area contributed by atoms with Gasteiger partial charge in [-0.15, -0.1) is 0 Å². The van der Waals surface area contributed by atoms with Crippen molar-refractivity contribution in [3.8, 4) is 0 Å². The fraction of sp³-hybridized carbons (Fsp3) is 0.462. The lowest BCUT2D eigenvalue weighted by Crippen LogP contribution is -2.34. The van der Waals surface area contributed by atoms with Crippen molar-refractivity contribution in [3.63, 3.8) is 0 Å². The largest absolute Gasteiger partial charge is 0.297 e. The Kier molecular flexibility index (Phi) is 3.17. The maximum absolute atomic E-state index is 4.16. The van der Waals surface area contributed by atoms with Gasteiger partial charge in [0.2, 0.25) is 0 Å². The molecule has 0 atom stereocenters. The normalized spacial score (nSPS) is 17.9. The Labute approximate surface area is 91.6 Å². The zero-order valence-corrected chi connectivity index (χ0v) is 9.48. The summed E-state index contributed by atoms with van der Waals surface area (Å²) in [7, 11) is 0. The highest BCUT2D eigenvalue weighted by atomic mass is 15.1. The molecule has 0 saturated heterocycles. The van der Waals surface area contributed by atoms with Gasteiger partial charge in [0.25, 0.3) is 0 Å². The van der Waals surface area contributed by atoms with Gasteiger partial charge in [-0.1, -0.05) is 12.1 Å². The predicted octanol–water partition coefficient (Wildman–Crippen LogP) is 2.58. The van der Waals surface area contributed by atoms with E-state index in [-0.39, 0.29) is 0 Å². The molecule has 0 N–H and O–H groups in total. The molecule has 0 fully saturated rings. The van der Waals surface area contributed by atoms with Crippen LogP contribution in [0.15, 0.2) is 30.6 Å². The standard InChI is InChI=1S/C13H18N2/c1-11(2)15-8-5-12(6-9-15)13-4-3-7-14-10-13/h3-5,7,10-11H,6,8-9H2,1-2H3. The first kappa shape index (κ1) is 10.4. The first-order valence-corrected chi connectivity index (χ1v) is 5.61. The first-order chi connectivity index (χ1) is 7.27. The van der Waals surface area contributed by atoms with Gasteiger partial charge in [0.05, 0.1) is 0 Å². The molecule has 2 heterocycles. The molecule has 1 aromatic rings. The fourth-order valence-electron chi connectivity index (χ4n) is 1.97. The fourth-order valence-corrected chi connectivity index (χ4v) is 1.97. The van der Waals surface area contributed by atoms with Crippen LogP contribution in [-0.4, -0.2) is 29.0 Å². The molecule has 0 unspecified atom stereocenters. The van der Waals surface area contributed by atoms with Crippen molar-refractivity contribution in [1.82, 2.24) is 9.88 Å². The van der Waals surface area contributed by atoms with Crippen LogP contribution in [0.5, 0.6) is 0 Å². The van der Waals surface area contributed by atoms with E-state index in [1.807, 2.05) is 18.5 Å². The molecule has 0 amide bonds. The summed E-state index contributed by atoms with van der Waals surface area (Å²) < 4.78 is 0. The van der Waals surface area contributed by atoms with Crippen LogP contribution in [0.1, 0.15) is 25.8 Å². The molecule has 1 aliphatic heterocycles. The Morgan fingerprint density at radius 2 is 2.27 bits per heavy atom. The molecule has 0 radical (unpaired) electrons. The van der Waals surface area contributed by atoms with Crippen LogP contribution in [0.4, 0.5) is 0 Å². The quantitative estimate of drug-likeness (QED) is 0.732. The van der Waals surface area contributed by atoms with Crippen molar-refractivity contribution in [1.29, 1.82) is 0 Å². The molecule has 0 bridgehead atoms. The molecular weight excluding hydrogens is 184 g/mol. The van der Waals surface area contributed by atoms with Gasteiger partial charge in [0.15, 0.2) is 0 Å². The van der Waals surface area contributed by atoms with Crippen LogP contribution in [0, 0.1) is 0 Å². The van der Waals surface area contributed by atoms with Crippen molar-refractivity contribution in [3.05, 3.63) is 36.2 Å². The minimum absolute atomic E-state index is 0.650. The van der Waals surface area contributed by atoms with Crippen LogP contribution >= 0.6 is 0 Å². The molecule has 2 nitrogen and oxygen atoms in total. The van der Waals surface area contributed by atoms with Gasteiger partial charge in [-0.3, -0.25) is 9.88 Å². The third kappa shape index (κ3) is 2.45. The van der Waals surface area contributed by atoms with E-state index < -0.39 is 0 Å². The zero-order valence-electron chi connectivity index (χ0n) is 9.48. The monoisotopic (exact) mass is 202 g/mol. The third-order valence-electron chi connectivity index (χ3n) is 3.00. The maximum Gasteiger partial charge on any atom is 0.0342 e. The van der Waals surface area contributed by atoms with Crippen molar-refractivity contribution in [2.75, 3.05) is 13.1 Å². The molecule has 0 saturated carbocycles. The third-order valence-corrected chi connectivity index (χ3v) is 3.00. The number of hydrogen-bond donors (Lipinski definition) is 0. The highest BCUT2D eigenvalue weighted by Gasteiger charge is 2.14. The molecule has 1 aliphatic rings. The van der Waals surface area contributed by atoms with Gasteiger partial charge >= 0.3 is 0 Å². The Bertz CT molecular complexity index is 341. The minimum atomic E-state index is 0.650. The van der Waals surface area contributed by atoms with Gasteiger partial charge < -0.3 is 0 Å². The van der Waals surface area contributed by atoms with Crippen LogP contribution < -0.4 is 0 Å². The Morgan fingerprint density at radius 1 is 1.40 bits per heavy atom. The number of aromatic nitrogens is 1. The van der Waals surface area contributed by atoms with Gasteiger partial charge in [-0.25, -0.2) is 0 Å². The Morgan fingerprint density at radius 3 is 2.80 bits per heavy atom. The van der Waals surface area contributed by atoms with Crippen LogP contribution in [-0.2, 0) is 0 Å². The zero-order chi connectivity index (χ0) is 10.7. The second-order valence-electron chi connectivity index (χ2n) is 4.31. The maximum atomic E-state index is 4.16. The van der Waals surface area contributed by atoms with Gasteiger partial charge in [0, 0.05) is 31.5 Å². The van der Waals surface area contributed by atoms with Crippen LogP contribution in [0.3, 0.4) is 0 Å². The van der Waals surface area contributed by atoms with E-state index in [0.717, 1.165) is 13.0 Å². The minimum Gasteiger partial charge on any atom is -0.297 e. The highest BCUT2D eigenvalue weighted by Crippen LogP contribution is 2.22. The van der Waals surface area contributed by atoms with E-state index in [4.69, 9.17) is 0 Å². The van der Waals surface area contributed by atoms with E-state index in [2.05, 4.69) is 35.9 Å². The van der Waals surface area contributed by atoms with E-state index in [1.54, 1.807) is 0 Å². The van der Waals surface area contributed by atoms with Crippen molar-refractivity contribution in [2.24, 2.45) is 0 Å². The molecule has 0 aliphatic carbocycles. The SMILES string of the molecule is CC(C)N1CC=C(c2cccnc2)CC1. The lowest BCUT2D eigenvalue weighted by Gasteiger charge is -2.29. The van der Waals surface area contributed by atoms with Gasteiger partial charge in [0.1, 0.15) is 0 Å². The second kappa shape index (κ2) is 4.58. The van der Waals surface area contributed by atoms with E-state index >= 15 is 0 Å². The topological polar surface area (TPSA) is 16.1 Å². The molecule has 80 valence electrons. The first-order valence-electron chi connectivity index (χ1n) is 5.61. The molecule has 15 heavy (non-hydrogen) atoms. The summed E-state index contributed by atoms with van der Waals surface area (Å²) >= 11 is 0.